The van der Waals surface area contributed by atoms with Gasteiger partial charge >= 0.3 is 0 Å². The number of rotatable bonds is 3. The highest BCUT2D eigenvalue weighted by Crippen LogP contribution is 2.31. The van der Waals surface area contributed by atoms with E-state index in [0.717, 1.165) is 22.3 Å². The van der Waals surface area contributed by atoms with Crippen molar-refractivity contribution in [3.63, 3.8) is 0 Å². The molecule has 1 aromatic carbocycles. The molecule has 0 aromatic heterocycles. The highest BCUT2D eigenvalue weighted by atomic mass is 79.9. The zero-order valence-electron chi connectivity index (χ0n) is 11.2. The third-order valence-corrected chi connectivity index (χ3v) is 3.96. The van der Waals surface area contributed by atoms with Crippen LogP contribution in [0.3, 0.4) is 0 Å². The summed E-state index contributed by atoms with van der Waals surface area (Å²) in [6.07, 6.45) is -0.527. The number of ether oxygens (including phenoxy) is 1. The van der Waals surface area contributed by atoms with E-state index in [1.165, 1.54) is 0 Å². The Labute approximate surface area is 122 Å². The van der Waals surface area contributed by atoms with E-state index in [-0.39, 0.29) is 18.8 Å². The van der Waals surface area contributed by atoms with Crippen LogP contribution < -0.4 is 4.90 Å². The Kier molecular flexibility index (Phi) is 4.84. The van der Waals surface area contributed by atoms with Gasteiger partial charge in [-0.3, -0.25) is 0 Å². The van der Waals surface area contributed by atoms with Crippen LogP contribution in [-0.2, 0) is 4.74 Å². The summed E-state index contributed by atoms with van der Waals surface area (Å²) in [6, 6.07) is 5.87. The summed E-state index contributed by atoms with van der Waals surface area (Å²) >= 11 is 3.56. The van der Waals surface area contributed by atoms with E-state index in [1.54, 1.807) is 6.92 Å². The summed E-state index contributed by atoms with van der Waals surface area (Å²) in [7, 11) is 0. The van der Waals surface area contributed by atoms with Gasteiger partial charge in [-0.1, -0.05) is 6.07 Å². The summed E-state index contributed by atoms with van der Waals surface area (Å²) in [6.45, 7) is 5.26. The van der Waals surface area contributed by atoms with Crippen molar-refractivity contribution >= 4 is 21.6 Å². The van der Waals surface area contributed by atoms with E-state index < -0.39 is 6.10 Å². The molecule has 3 atom stereocenters. The number of aliphatic hydroxyl groups excluding tert-OH is 2. The van der Waals surface area contributed by atoms with Gasteiger partial charge in [-0.25, -0.2) is 0 Å². The zero-order chi connectivity index (χ0) is 14.0. The third-order valence-electron chi connectivity index (χ3n) is 3.32. The summed E-state index contributed by atoms with van der Waals surface area (Å²) in [5.41, 5.74) is 1.95. The maximum atomic E-state index is 9.58. The molecule has 106 valence electrons. The molecule has 1 saturated heterocycles. The van der Waals surface area contributed by atoms with Crippen LogP contribution in [0.5, 0.6) is 0 Å². The quantitative estimate of drug-likeness (QED) is 0.891. The maximum absolute atomic E-state index is 9.58. The van der Waals surface area contributed by atoms with Crippen molar-refractivity contribution < 1.29 is 14.9 Å². The number of hydrogen-bond donors (Lipinski definition) is 2. The van der Waals surface area contributed by atoms with Gasteiger partial charge in [0.15, 0.2) is 0 Å². The number of aliphatic hydroxyl groups is 2. The predicted molar refractivity (Wildman–Crippen MR) is 78.4 cm³/mol. The van der Waals surface area contributed by atoms with Crippen LogP contribution in [0.4, 0.5) is 5.69 Å². The molecule has 0 radical (unpaired) electrons. The first-order valence-electron chi connectivity index (χ1n) is 6.50. The minimum atomic E-state index is -0.473. The molecule has 0 aliphatic carbocycles. The molecule has 1 aliphatic heterocycles. The van der Waals surface area contributed by atoms with Crippen LogP contribution in [0.25, 0.3) is 0 Å². The van der Waals surface area contributed by atoms with E-state index in [4.69, 9.17) is 4.74 Å². The van der Waals surface area contributed by atoms with Crippen molar-refractivity contribution in [2.45, 2.75) is 32.2 Å². The lowest BCUT2D eigenvalue weighted by atomic mass is 10.1. The van der Waals surface area contributed by atoms with E-state index >= 15 is 0 Å². The smallest absolute Gasteiger partial charge is 0.0984 e. The highest BCUT2D eigenvalue weighted by Gasteiger charge is 2.26. The molecular weight excluding hydrogens is 310 g/mol. The van der Waals surface area contributed by atoms with Crippen molar-refractivity contribution in [2.24, 2.45) is 0 Å². The van der Waals surface area contributed by atoms with Crippen LogP contribution >= 0.6 is 15.9 Å². The number of halogens is 1. The lowest BCUT2D eigenvalue weighted by Crippen LogP contribution is -2.48. The Balaban J connectivity index is 2.21. The molecule has 0 amide bonds. The standard InChI is InChI=1S/C14H20BrNO3/c1-9-6-16(7-12(8-17)19-9)14-4-3-11(10(2)18)5-13(14)15/h3-5,9-10,12,17-18H,6-8H2,1-2H3. The van der Waals surface area contributed by atoms with Gasteiger partial charge < -0.3 is 19.8 Å². The Morgan fingerprint density at radius 2 is 2.21 bits per heavy atom. The number of benzene rings is 1. The van der Waals surface area contributed by atoms with Crippen molar-refractivity contribution in [1.29, 1.82) is 0 Å². The van der Waals surface area contributed by atoms with E-state index in [2.05, 4.69) is 20.8 Å². The molecule has 4 nitrogen and oxygen atoms in total. The average Bonchev–Trinajstić information content (AvgIpc) is 2.37. The summed E-state index contributed by atoms with van der Waals surface area (Å²) in [5, 5.41) is 18.8. The van der Waals surface area contributed by atoms with Crippen molar-refractivity contribution in [3.8, 4) is 0 Å². The Morgan fingerprint density at radius 1 is 1.47 bits per heavy atom. The van der Waals surface area contributed by atoms with Crippen LogP contribution in [0.1, 0.15) is 25.5 Å². The lowest BCUT2D eigenvalue weighted by Gasteiger charge is -2.38. The Hall–Kier alpha value is -0.620. The topological polar surface area (TPSA) is 52.9 Å². The molecule has 1 heterocycles. The zero-order valence-corrected chi connectivity index (χ0v) is 12.8. The molecule has 0 saturated carbocycles. The van der Waals surface area contributed by atoms with Gasteiger partial charge in [0.2, 0.25) is 0 Å². The second-order valence-corrected chi connectivity index (χ2v) is 5.90. The number of hydrogen-bond acceptors (Lipinski definition) is 4. The van der Waals surface area contributed by atoms with Gasteiger partial charge in [0.25, 0.3) is 0 Å². The van der Waals surface area contributed by atoms with Crippen LogP contribution in [0.2, 0.25) is 0 Å². The lowest BCUT2D eigenvalue weighted by molar-refractivity contribution is -0.0421. The SMILES string of the molecule is CC1CN(c2ccc(C(C)O)cc2Br)CC(CO)O1. The molecule has 1 aromatic rings. The first kappa shape index (κ1) is 14.8. The van der Waals surface area contributed by atoms with E-state index in [0.29, 0.717) is 6.54 Å². The van der Waals surface area contributed by atoms with Crippen LogP contribution in [-0.4, -0.2) is 42.1 Å². The van der Waals surface area contributed by atoms with Crippen molar-refractivity contribution in [3.05, 3.63) is 28.2 Å². The summed E-state index contributed by atoms with van der Waals surface area (Å²) in [5.74, 6) is 0. The summed E-state index contributed by atoms with van der Waals surface area (Å²) in [4.78, 5) is 2.20. The maximum Gasteiger partial charge on any atom is 0.0984 e. The minimum absolute atomic E-state index is 0.0320. The first-order chi connectivity index (χ1) is 9.01. The fourth-order valence-electron chi connectivity index (χ4n) is 2.38. The van der Waals surface area contributed by atoms with Gasteiger partial charge in [0.1, 0.15) is 0 Å². The first-order valence-corrected chi connectivity index (χ1v) is 7.29. The number of nitrogens with zero attached hydrogens (tertiary/aromatic N) is 1. The predicted octanol–water partition coefficient (Wildman–Crippen LogP) is 2.09. The van der Waals surface area contributed by atoms with Gasteiger partial charge in [0.05, 0.1) is 30.6 Å². The average molecular weight is 330 g/mol. The molecule has 2 N–H and O–H groups in total. The second kappa shape index (κ2) is 6.22. The molecule has 1 aliphatic rings. The van der Waals surface area contributed by atoms with E-state index in [9.17, 15) is 10.2 Å². The molecule has 19 heavy (non-hydrogen) atoms. The molecule has 5 heteroatoms. The highest BCUT2D eigenvalue weighted by molar-refractivity contribution is 9.10. The van der Waals surface area contributed by atoms with Crippen molar-refractivity contribution in [1.82, 2.24) is 0 Å². The number of morpholine rings is 1. The van der Waals surface area contributed by atoms with Crippen LogP contribution in [0, 0.1) is 0 Å². The molecule has 1 fully saturated rings. The third kappa shape index (κ3) is 3.48. The van der Waals surface area contributed by atoms with Gasteiger partial charge in [-0.2, -0.15) is 0 Å². The Bertz CT molecular complexity index is 439. The van der Waals surface area contributed by atoms with Crippen LogP contribution in [0.15, 0.2) is 22.7 Å². The van der Waals surface area contributed by atoms with E-state index in [1.807, 2.05) is 25.1 Å². The minimum Gasteiger partial charge on any atom is -0.394 e. The molecule has 0 bridgehead atoms. The Morgan fingerprint density at radius 3 is 2.79 bits per heavy atom. The van der Waals surface area contributed by atoms with Crippen molar-refractivity contribution in [2.75, 3.05) is 24.6 Å². The molecular formula is C14H20BrNO3. The number of anilines is 1. The summed E-state index contributed by atoms with van der Waals surface area (Å²) < 4.78 is 6.60. The van der Waals surface area contributed by atoms with Gasteiger partial charge in [-0.05, 0) is 47.5 Å². The molecule has 2 rings (SSSR count). The molecule has 3 unspecified atom stereocenters. The normalized spacial score (nSPS) is 25.4. The van der Waals surface area contributed by atoms with Gasteiger partial charge in [0, 0.05) is 17.6 Å². The largest absolute Gasteiger partial charge is 0.394 e. The van der Waals surface area contributed by atoms with Gasteiger partial charge in [-0.15, -0.1) is 0 Å². The fraction of sp³-hybridized carbons (Fsp3) is 0.571. The molecule has 0 spiro atoms. The second-order valence-electron chi connectivity index (χ2n) is 5.04. The fourth-order valence-corrected chi connectivity index (χ4v) is 3.03. The monoisotopic (exact) mass is 329 g/mol.